The molecule has 671 valence electrons. The van der Waals surface area contributed by atoms with E-state index in [0.29, 0.717) is 50.0 Å². The Morgan fingerprint density at radius 2 is 0.636 bits per heavy atom. The van der Waals surface area contributed by atoms with Gasteiger partial charge in [-0.15, -0.1) is 177 Å². The first kappa shape index (κ1) is 85.8. The van der Waals surface area contributed by atoms with Gasteiger partial charge in [0.15, 0.2) is 17.3 Å². The number of ketones is 3. The Bertz CT molecular complexity index is 7280. The number of carbonyl (C=O) groups is 3. The zero-order valence-corrected chi connectivity index (χ0v) is 85.4. The van der Waals surface area contributed by atoms with Gasteiger partial charge in [-0.1, -0.05) is 149 Å². The molecule has 0 bridgehead atoms. The van der Waals surface area contributed by atoms with Crippen LogP contribution in [0, 0.1) is 120 Å². The van der Waals surface area contributed by atoms with Gasteiger partial charge in [0.1, 0.15) is 0 Å². The Balaban J connectivity index is 0.000000299. The van der Waals surface area contributed by atoms with Crippen LogP contribution in [0.25, 0.3) is 123 Å². The number of aryl methyl sites for hydroxylation is 13. The molecule has 13 nitrogen and oxygen atoms in total. The average Bonchev–Trinajstić information content (AvgIpc) is 1.60. The Morgan fingerprint density at radius 1 is 0.302 bits per heavy atom. The van der Waals surface area contributed by atoms with Gasteiger partial charge in [0.2, 0.25) is 0 Å². The molecule has 17 rings (SSSR count). The summed E-state index contributed by atoms with van der Waals surface area (Å²) in [5, 5.41) is 27.8. The maximum absolute atomic E-state index is 10.0. The smallest absolute Gasteiger partial charge is 0.155 e. The third-order valence-electron chi connectivity index (χ3n) is 18.7. The molecule has 0 atom stereocenters. The van der Waals surface area contributed by atoms with Gasteiger partial charge < -0.3 is 24.5 Å². The summed E-state index contributed by atoms with van der Waals surface area (Å²) in [6.07, 6.45) is 3.50. The molecule has 5 heterocycles. The number of benzene rings is 12. The second-order valence-corrected chi connectivity index (χ2v) is 29.8. The molecule has 0 amide bonds. The van der Waals surface area contributed by atoms with Crippen molar-refractivity contribution in [2.45, 2.75) is 131 Å². The van der Waals surface area contributed by atoms with Crippen LogP contribution in [0.3, 0.4) is 0 Å². The van der Waals surface area contributed by atoms with Crippen LogP contribution < -0.4 is 0 Å². The van der Waals surface area contributed by atoms with Crippen molar-refractivity contribution < 1.29 is 151 Å². The summed E-state index contributed by atoms with van der Waals surface area (Å²) in [7, 11) is 0. The molecule has 17 aromatic rings. The first-order chi connectivity index (χ1) is 65.3. The molecule has 129 heavy (non-hydrogen) atoms. The first-order valence-electron chi connectivity index (χ1n) is 47.3. The molecule has 12 aromatic carbocycles. The van der Waals surface area contributed by atoms with E-state index in [1.807, 2.05) is 142 Å². The summed E-state index contributed by atoms with van der Waals surface area (Å²) in [6, 6.07) is 97.3. The van der Waals surface area contributed by atoms with Crippen LogP contribution in [-0.2, 0) is 115 Å². The third kappa shape index (κ3) is 31.5. The second-order valence-electron chi connectivity index (χ2n) is 29.8. The fourth-order valence-corrected chi connectivity index (χ4v) is 13.6. The number of pyridine rings is 3. The van der Waals surface area contributed by atoms with Crippen molar-refractivity contribution in [3.05, 3.63) is 399 Å². The number of aliphatic hydroxyl groups is 3. The van der Waals surface area contributed by atoms with E-state index >= 15 is 0 Å². The van der Waals surface area contributed by atoms with Crippen molar-refractivity contribution in [3.63, 3.8) is 0 Å². The van der Waals surface area contributed by atoms with Crippen LogP contribution in [0.1, 0.15) is 134 Å². The van der Waals surface area contributed by atoms with Gasteiger partial charge in [-0.3, -0.25) is 39.3 Å². The Morgan fingerprint density at radius 3 is 0.984 bits per heavy atom. The number of rotatable bonds is 10. The fraction of sp³-hybridized carbons (Fsp3) is 0.171. The summed E-state index contributed by atoms with van der Waals surface area (Å²) < 4.78 is 118. The largest absolute Gasteiger partial charge is 0.512 e. The predicted octanol–water partition coefficient (Wildman–Crippen LogP) is 27.2. The van der Waals surface area contributed by atoms with Crippen LogP contribution in [-0.4, -0.2) is 66.7 Å². The molecular formula is C111H106Ir5N7O6-5. The Kier molecular flexibility index (Phi) is 34.4. The van der Waals surface area contributed by atoms with Gasteiger partial charge in [-0.25, -0.2) is 0 Å². The maximum atomic E-state index is 10.0. The van der Waals surface area contributed by atoms with Crippen molar-refractivity contribution in [1.82, 2.24) is 34.1 Å². The summed E-state index contributed by atoms with van der Waals surface area (Å²) in [4.78, 5) is 53.4. The van der Waals surface area contributed by atoms with E-state index in [4.69, 9.17) is 45.8 Å². The summed E-state index contributed by atoms with van der Waals surface area (Å²) in [5.74, 6) is 1.51. The second kappa shape index (κ2) is 51.8. The van der Waals surface area contributed by atoms with E-state index in [1.165, 1.54) is 82.1 Å². The number of carbonyl (C=O) groups excluding carboxylic acids is 3. The molecular weight excluding hydrogens is 2490 g/mol. The summed E-state index contributed by atoms with van der Waals surface area (Å²) in [5.41, 5.74) is 24.6. The SMILES string of the molecule is CC(=O)C=C(C)O.CC(=O)C=C(C)O.CC(=O)C=C(C)O.Cc1ccc2nc(-c3[c-]cccc3)n(-c3c(C)cccc3C)c2c1.[2H]C([2H])([2H])c1[c-]c(-c2ccc3ccc(C([2H])([2H])[2H])cc3n2)cc(C)c1.[2H]C([2H])([2H])c1ccc2c(c1)nc(-c1[c-]cccc1)n2-c1c(C)cccc1C.[2H]C([2H])([2H])c1ccc2ccc(-c3[c-]c(C)cc(C)c3)nc2c1.[2H]C([2H])([2H])c1ccc2ccc(-c3[c-]cccc3)nc2c1.[Ir].[Ir].[Ir].[Ir].[Ir]. The van der Waals surface area contributed by atoms with E-state index < -0.39 is 34.3 Å². The van der Waals surface area contributed by atoms with Gasteiger partial charge in [0.05, 0.1) is 67.5 Å². The number of imidazole rings is 2. The van der Waals surface area contributed by atoms with Crippen molar-refractivity contribution in [1.29, 1.82) is 0 Å². The van der Waals surface area contributed by atoms with Crippen molar-refractivity contribution in [2.24, 2.45) is 0 Å². The zero-order valence-electron chi connectivity index (χ0n) is 88.4. The molecule has 3 N–H and O–H groups in total. The molecule has 0 fully saturated rings. The minimum Gasteiger partial charge on any atom is -0.512 e. The third-order valence-corrected chi connectivity index (χ3v) is 18.7. The number of para-hydroxylation sites is 2. The average molecular weight is 2610 g/mol. The zero-order chi connectivity index (χ0) is 102. The Labute approximate surface area is 848 Å². The minimum absolute atomic E-state index is 0. The molecule has 0 unspecified atom stereocenters. The molecule has 0 saturated heterocycles. The number of nitrogens with zero attached hydrogens (tertiary/aromatic N) is 7. The molecule has 0 spiro atoms. The predicted molar refractivity (Wildman–Crippen MR) is 512 cm³/mol. The van der Waals surface area contributed by atoms with E-state index in [-0.39, 0.29) is 146 Å². The van der Waals surface area contributed by atoms with E-state index in [9.17, 15) is 14.4 Å². The fourth-order valence-electron chi connectivity index (χ4n) is 13.6. The van der Waals surface area contributed by atoms with Crippen LogP contribution in [0.4, 0.5) is 0 Å². The molecule has 0 aliphatic rings. The Hall–Kier alpha value is -11.3. The number of hydrogen-bond donors (Lipinski definition) is 3. The van der Waals surface area contributed by atoms with Gasteiger partial charge in [-0.05, 0) is 229 Å². The van der Waals surface area contributed by atoms with E-state index in [2.05, 4.69) is 150 Å². The first-order valence-corrected chi connectivity index (χ1v) is 39.8. The van der Waals surface area contributed by atoms with Crippen molar-refractivity contribution in [2.75, 3.05) is 0 Å². The molecule has 5 aromatic heterocycles. The molecule has 5 radical (unpaired) electrons. The molecule has 0 aliphatic heterocycles. The quantitative estimate of drug-likeness (QED) is 0.0672. The molecule has 0 aliphatic carbocycles. The number of aliphatic hydroxyl groups excluding tert-OH is 3. The van der Waals surface area contributed by atoms with Crippen LogP contribution >= 0.6 is 0 Å². The number of allylic oxidation sites excluding steroid dienone is 6. The van der Waals surface area contributed by atoms with E-state index in [1.54, 1.807) is 78.9 Å². The van der Waals surface area contributed by atoms with Crippen LogP contribution in [0.5, 0.6) is 0 Å². The standard InChI is InChI=1S/2C22H19N2.2C18H16N.C16H12N.3C5H8O2.5Ir/c1-15-12-13-20-19(14-15)23-22(18-10-5-4-6-11-18)24(20)21-16(2)8-7-9-17(21)3;1-15-12-13-19-20(14-15)24(21-16(2)8-7-9-17(21)3)22(23-19)18-10-5-4-6-11-18;2*1-12-4-5-15-6-7-17(19-18(15)11-12)16-9-13(2)8-14(3)10-16;1-12-7-8-14-9-10-15(17-16(14)11-12)13-5-3-2-4-6-13;3*1-4(6)3-5(2)7;;;;;/h2*4-10,12-14H,1-3H3;2*4-9,11H,1-3H3;2-5,7-11H,1H3;3*3,6H,1-2H3;;;;;/q5*-1;;;;;;;;/i1D3;;1D3,3D3;2*1D3;;;;;;;;. The van der Waals surface area contributed by atoms with Gasteiger partial charge >= 0.3 is 0 Å². The number of hydrogen-bond acceptors (Lipinski definition) is 11. The minimum atomic E-state index is -2.24. The number of aromatic nitrogens is 7. The topological polar surface area (TPSA) is 186 Å². The maximum Gasteiger partial charge on any atom is 0.155 e. The molecule has 18 heteroatoms. The summed E-state index contributed by atoms with van der Waals surface area (Å²) in [6.45, 7) is 14.2. The van der Waals surface area contributed by atoms with Crippen molar-refractivity contribution in [3.8, 4) is 67.9 Å². The molecule has 0 saturated carbocycles. The van der Waals surface area contributed by atoms with Gasteiger partial charge in [-0.2, -0.15) is 0 Å². The van der Waals surface area contributed by atoms with Gasteiger partial charge in [0, 0.05) is 151 Å². The van der Waals surface area contributed by atoms with Crippen LogP contribution in [0.2, 0.25) is 0 Å². The van der Waals surface area contributed by atoms with E-state index in [0.717, 1.165) is 112 Å². The van der Waals surface area contributed by atoms with Crippen LogP contribution in [0.15, 0.2) is 296 Å². The van der Waals surface area contributed by atoms with Gasteiger partial charge in [0.25, 0.3) is 0 Å². The van der Waals surface area contributed by atoms with Crippen molar-refractivity contribution >= 4 is 72.1 Å². The monoisotopic (exact) mass is 2610 g/mol. The number of fused-ring (bicyclic) bond motifs is 5. The summed E-state index contributed by atoms with van der Waals surface area (Å²) >= 11 is 0. The normalized spacial score (nSPS) is 12.8.